The highest BCUT2D eigenvalue weighted by Crippen LogP contribution is 2.39. The molecule has 0 bridgehead atoms. The molecule has 0 saturated carbocycles. The first-order valence-electron chi connectivity index (χ1n) is 13.6. The van der Waals surface area contributed by atoms with Crippen LogP contribution in [0.1, 0.15) is 23.3 Å². The molecule has 2 saturated heterocycles. The summed E-state index contributed by atoms with van der Waals surface area (Å²) in [6.07, 6.45) is 2.63. The Bertz CT molecular complexity index is 1230. The number of likely N-dealkylation sites (tertiary alicyclic amines) is 1. The van der Waals surface area contributed by atoms with E-state index in [1.807, 2.05) is 52.3 Å². The Hall–Kier alpha value is -2.91. The molecule has 2 aromatic carbocycles. The van der Waals surface area contributed by atoms with Crippen LogP contribution >= 0.6 is 22.9 Å². The van der Waals surface area contributed by atoms with Gasteiger partial charge in [-0.05, 0) is 67.0 Å². The minimum atomic E-state index is -0.643. The van der Waals surface area contributed by atoms with Crippen LogP contribution in [0.4, 0.5) is 5.69 Å². The SMILES string of the molecule is N[C@H](Cc1ccc(Cl)cc1)C(=O)N1CCC2(CC1)C(=O)N(CCNCCc1cccs1)CN2c1ccccc1. The Kier molecular flexibility index (Phi) is 8.87. The molecule has 5 rings (SSSR count). The summed E-state index contributed by atoms with van der Waals surface area (Å²) in [7, 11) is 0. The van der Waals surface area contributed by atoms with Crippen LogP contribution in [-0.2, 0) is 22.4 Å². The first-order chi connectivity index (χ1) is 19.0. The molecular formula is C30H36ClN5O2S. The van der Waals surface area contributed by atoms with Crippen molar-refractivity contribution in [3.05, 3.63) is 87.6 Å². The lowest BCUT2D eigenvalue weighted by Gasteiger charge is -2.43. The molecule has 3 heterocycles. The molecule has 7 nitrogen and oxygen atoms in total. The third-order valence-electron chi connectivity index (χ3n) is 7.86. The normalized spacial score (nSPS) is 17.7. The Morgan fingerprint density at radius 3 is 2.46 bits per heavy atom. The number of halogens is 1. The van der Waals surface area contributed by atoms with Crippen LogP contribution in [0.3, 0.4) is 0 Å². The summed E-state index contributed by atoms with van der Waals surface area (Å²) in [6.45, 7) is 3.87. The fourth-order valence-electron chi connectivity index (χ4n) is 5.67. The highest BCUT2D eigenvalue weighted by Gasteiger charge is 2.54. The zero-order valence-electron chi connectivity index (χ0n) is 22.1. The van der Waals surface area contributed by atoms with E-state index in [1.165, 1.54) is 4.88 Å². The molecule has 3 aromatic rings. The molecule has 1 spiro atoms. The van der Waals surface area contributed by atoms with E-state index in [9.17, 15) is 9.59 Å². The largest absolute Gasteiger partial charge is 0.341 e. The van der Waals surface area contributed by atoms with Crippen molar-refractivity contribution in [2.75, 3.05) is 44.3 Å². The van der Waals surface area contributed by atoms with Gasteiger partial charge in [0.25, 0.3) is 0 Å². The maximum atomic E-state index is 13.9. The number of rotatable bonds is 10. The van der Waals surface area contributed by atoms with Gasteiger partial charge in [0.15, 0.2) is 0 Å². The summed E-state index contributed by atoms with van der Waals surface area (Å²) < 4.78 is 0. The van der Waals surface area contributed by atoms with E-state index in [0.717, 1.165) is 30.8 Å². The molecule has 0 aliphatic carbocycles. The van der Waals surface area contributed by atoms with Gasteiger partial charge in [-0.1, -0.05) is 48.0 Å². The second kappa shape index (κ2) is 12.5. The quantitative estimate of drug-likeness (QED) is 0.366. The number of piperidine rings is 1. The average molecular weight is 566 g/mol. The summed E-state index contributed by atoms with van der Waals surface area (Å²) in [5.41, 5.74) is 7.70. The Balaban J connectivity index is 1.21. The number of benzene rings is 2. The van der Waals surface area contributed by atoms with Crippen molar-refractivity contribution in [3.8, 4) is 0 Å². The number of amides is 2. The molecule has 2 fully saturated rings. The number of hydrogen-bond acceptors (Lipinski definition) is 6. The van der Waals surface area contributed by atoms with Gasteiger partial charge < -0.3 is 25.8 Å². The van der Waals surface area contributed by atoms with E-state index in [0.29, 0.717) is 50.6 Å². The predicted octanol–water partition coefficient (Wildman–Crippen LogP) is 3.77. The van der Waals surface area contributed by atoms with Crippen molar-refractivity contribution >= 4 is 40.4 Å². The number of carbonyl (C=O) groups is 2. The van der Waals surface area contributed by atoms with Crippen molar-refractivity contribution in [3.63, 3.8) is 0 Å². The van der Waals surface area contributed by atoms with Crippen LogP contribution in [0.25, 0.3) is 0 Å². The second-order valence-electron chi connectivity index (χ2n) is 10.3. The van der Waals surface area contributed by atoms with Crippen molar-refractivity contribution in [2.45, 2.75) is 37.3 Å². The molecular weight excluding hydrogens is 530 g/mol. The van der Waals surface area contributed by atoms with E-state index < -0.39 is 11.6 Å². The van der Waals surface area contributed by atoms with E-state index in [2.05, 4.69) is 39.9 Å². The summed E-state index contributed by atoms with van der Waals surface area (Å²) >= 11 is 7.76. The smallest absolute Gasteiger partial charge is 0.250 e. The van der Waals surface area contributed by atoms with Crippen molar-refractivity contribution in [1.82, 2.24) is 15.1 Å². The standard InChI is InChI=1S/C30H36ClN5O2S/c31-24-10-8-23(9-11-24)21-27(32)28(37)34-17-13-30(14-18-34)29(38)35(22-36(30)25-5-2-1-3-6-25)19-16-33-15-12-26-7-4-20-39-26/h1-11,20,27,33H,12-19,21-22,32H2/t27-/m1/s1. The number of nitrogens with two attached hydrogens (primary N) is 1. The number of hydrogen-bond donors (Lipinski definition) is 2. The number of nitrogens with zero attached hydrogens (tertiary/aromatic N) is 3. The third kappa shape index (κ3) is 6.30. The third-order valence-corrected chi connectivity index (χ3v) is 9.05. The molecule has 0 unspecified atom stereocenters. The minimum Gasteiger partial charge on any atom is -0.341 e. The lowest BCUT2D eigenvalue weighted by Crippen LogP contribution is -2.59. The number of para-hydroxylation sites is 1. The zero-order chi connectivity index (χ0) is 27.2. The average Bonchev–Trinajstić information content (AvgIpc) is 3.57. The number of thiophene rings is 1. The van der Waals surface area contributed by atoms with Crippen LogP contribution in [0.15, 0.2) is 72.1 Å². The van der Waals surface area contributed by atoms with E-state index in [4.69, 9.17) is 17.3 Å². The lowest BCUT2D eigenvalue weighted by atomic mass is 9.85. The maximum absolute atomic E-state index is 13.9. The highest BCUT2D eigenvalue weighted by molar-refractivity contribution is 7.09. The van der Waals surface area contributed by atoms with E-state index in [-0.39, 0.29) is 11.8 Å². The van der Waals surface area contributed by atoms with E-state index >= 15 is 0 Å². The fraction of sp³-hybridized carbons (Fsp3) is 0.400. The van der Waals surface area contributed by atoms with Crippen LogP contribution in [0.5, 0.6) is 0 Å². The van der Waals surface area contributed by atoms with Gasteiger partial charge in [-0.15, -0.1) is 11.3 Å². The van der Waals surface area contributed by atoms with Gasteiger partial charge in [0.1, 0.15) is 5.54 Å². The summed E-state index contributed by atoms with van der Waals surface area (Å²) in [6, 6.07) is 21.2. The first kappa shape index (κ1) is 27.6. The van der Waals surface area contributed by atoms with Gasteiger partial charge in [-0.25, -0.2) is 0 Å². The van der Waals surface area contributed by atoms with Crippen LogP contribution in [-0.4, -0.2) is 72.6 Å². The molecule has 39 heavy (non-hydrogen) atoms. The first-order valence-corrected chi connectivity index (χ1v) is 14.9. The van der Waals surface area contributed by atoms with Gasteiger partial charge in [0, 0.05) is 48.3 Å². The highest BCUT2D eigenvalue weighted by atomic mass is 35.5. The summed E-state index contributed by atoms with van der Waals surface area (Å²) in [4.78, 5) is 34.5. The van der Waals surface area contributed by atoms with E-state index in [1.54, 1.807) is 11.3 Å². The van der Waals surface area contributed by atoms with Crippen molar-refractivity contribution in [2.24, 2.45) is 5.73 Å². The number of anilines is 1. The molecule has 206 valence electrons. The van der Waals surface area contributed by atoms with Gasteiger partial charge >= 0.3 is 0 Å². The molecule has 2 aliphatic rings. The number of nitrogens with one attached hydrogen (secondary N) is 1. The van der Waals surface area contributed by atoms with Gasteiger partial charge in [-0.3, -0.25) is 9.59 Å². The van der Waals surface area contributed by atoms with Gasteiger partial charge in [0.05, 0.1) is 12.7 Å². The second-order valence-corrected chi connectivity index (χ2v) is 11.8. The molecule has 0 radical (unpaired) electrons. The van der Waals surface area contributed by atoms with Crippen LogP contribution in [0.2, 0.25) is 5.02 Å². The molecule has 1 atom stereocenters. The Labute approximate surface area is 239 Å². The molecule has 9 heteroatoms. The topological polar surface area (TPSA) is 81.9 Å². The fourth-order valence-corrected chi connectivity index (χ4v) is 6.51. The minimum absolute atomic E-state index is 0.0664. The van der Waals surface area contributed by atoms with Gasteiger partial charge in [0.2, 0.25) is 11.8 Å². The molecule has 2 aliphatic heterocycles. The lowest BCUT2D eigenvalue weighted by molar-refractivity contribution is -0.139. The predicted molar refractivity (Wildman–Crippen MR) is 158 cm³/mol. The summed E-state index contributed by atoms with van der Waals surface area (Å²) in [5.74, 6) is 0.0901. The Morgan fingerprint density at radius 1 is 1.03 bits per heavy atom. The molecule has 2 amide bonds. The van der Waals surface area contributed by atoms with Crippen molar-refractivity contribution in [1.29, 1.82) is 0 Å². The molecule has 1 aromatic heterocycles. The Morgan fingerprint density at radius 2 is 1.77 bits per heavy atom. The van der Waals surface area contributed by atoms with Crippen LogP contribution in [0, 0.1) is 0 Å². The van der Waals surface area contributed by atoms with Crippen molar-refractivity contribution < 1.29 is 9.59 Å². The summed E-state index contributed by atoms with van der Waals surface area (Å²) in [5, 5.41) is 6.25. The van der Waals surface area contributed by atoms with Crippen LogP contribution < -0.4 is 16.0 Å². The number of carbonyl (C=O) groups excluding carboxylic acids is 2. The van der Waals surface area contributed by atoms with Gasteiger partial charge in [-0.2, -0.15) is 0 Å². The maximum Gasteiger partial charge on any atom is 0.250 e. The zero-order valence-corrected chi connectivity index (χ0v) is 23.7. The monoisotopic (exact) mass is 565 g/mol. The molecule has 3 N–H and O–H groups in total.